The third-order valence-electron chi connectivity index (χ3n) is 10.2. The summed E-state index contributed by atoms with van der Waals surface area (Å²) in [6.07, 6.45) is 0. The zero-order chi connectivity index (χ0) is 34.4. The topological polar surface area (TPSA) is 3.24 Å². The zero-order valence-electron chi connectivity index (χ0n) is 28.4. The summed E-state index contributed by atoms with van der Waals surface area (Å²) >= 11 is 0.249. The van der Waals surface area contributed by atoms with Crippen LogP contribution in [0.5, 0.6) is 0 Å². The van der Waals surface area contributed by atoms with Crippen molar-refractivity contribution < 1.29 is 0 Å². The van der Waals surface area contributed by atoms with Gasteiger partial charge in [-0.25, -0.2) is 0 Å². The molecule has 1 heterocycles. The van der Waals surface area contributed by atoms with Gasteiger partial charge in [-0.1, -0.05) is 6.07 Å². The van der Waals surface area contributed by atoms with Crippen LogP contribution in [0.15, 0.2) is 200 Å². The molecule has 0 saturated heterocycles. The molecule has 244 valence electrons. The Morgan fingerprint density at radius 3 is 1.77 bits per heavy atom. The molecule has 0 saturated carbocycles. The summed E-state index contributed by atoms with van der Waals surface area (Å²) in [4.78, 5) is 2.48. The maximum atomic E-state index is 2.48. The van der Waals surface area contributed by atoms with Crippen molar-refractivity contribution in [3.8, 4) is 33.4 Å². The number of rotatable bonds is 6. The van der Waals surface area contributed by atoms with Crippen molar-refractivity contribution in [2.24, 2.45) is 0 Å². The summed E-state index contributed by atoms with van der Waals surface area (Å²) in [7, 11) is 0. The normalized spacial score (nSPS) is 11.5. The summed E-state index contributed by atoms with van der Waals surface area (Å²) in [6.45, 7) is 0. The summed E-state index contributed by atoms with van der Waals surface area (Å²) < 4.78 is 2.88. The number of hydrogen-bond donors (Lipinski definition) is 0. The van der Waals surface area contributed by atoms with Crippen LogP contribution in [0.3, 0.4) is 0 Å². The second-order valence-corrected chi connectivity index (χ2v) is 15.6. The minimum absolute atomic E-state index is 0.249. The number of anilines is 3. The predicted octanol–water partition coefficient (Wildman–Crippen LogP) is 13.8. The molecular weight excluding hydrogens is 694 g/mol. The SMILES string of the molecule is c1ccc(-c2ccc(N(c3cccc(-c4cc5ccccc5c5ccccc45)c3)c3ccc4c(c3)[se]c3ccccc34)c(-c3ccccc3)c2)cc1. The average Bonchev–Trinajstić information content (AvgIpc) is 3.59. The Balaban J connectivity index is 1.22. The summed E-state index contributed by atoms with van der Waals surface area (Å²) in [5.41, 5.74) is 10.7. The van der Waals surface area contributed by atoms with Gasteiger partial charge in [0.2, 0.25) is 0 Å². The minimum atomic E-state index is 0.249. The Labute approximate surface area is 309 Å². The fourth-order valence-corrected chi connectivity index (χ4v) is 10.2. The van der Waals surface area contributed by atoms with Gasteiger partial charge in [0.1, 0.15) is 0 Å². The van der Waals surface area contributed by atoms with E-state index in [1.165, 1.54) is 79.9 Å². The predicted molar refractivity (Wildman–Crippen MR) is 224 cm³/mol. The van der Waals surface area contributed by atoms with E-state index in [9.17, 15) is 0 Å². The molecule has 9 aromatic carbocycles. The fourth-order valence-electron chi connectivity index (χ4n) is 7.78. The van der Waals surface area contributed by atoms with Gasteiger partial charge >= 0.3 is 305 Å². The van der Waals surface area contributed by atoms with E-state index in [-0.39, 0.29) is 14.5 Å². The van der Waals surface area contributed by atoms with Gasteiger partial charge in [0.05, 0.1) is 0 Å². The Bertz CT molecular complexity index is 2910. The van der Waals surface area contributed by atoms with Gasteiger partial charge in [-0.15, -0.1) is 0 Å². The molecule has 0 amide bonds. The van der Waals surface area contributed by atoms with Crippen LogP contribution in [0.4, 0.5) is 17.1 Å². The average molecular weight is 727 g/mol. The number of nitrogens with zero attached hydrogens (tertiary/aromatic N) is 1. The standard InChI is InChI=1S/C50H33NSe/c1-3-14-34(15-4-1)36-26-29-48(47(31-36)35-16-5-2-6-17-35)51(40-27-28-45-44-24-11-12-25-49(44)52-50(45)33-40)39-20-13-19-37(30-39)46-32-38-18-7-8-21-41(38)42-22-9-10-23-43(42)46/h1-33H. The van der Waals surface area contributed by atoms with Crippen molar-refractivity contribution in [3.05, 3.63) is 200 Å². The second kappa shape index (κ2) is 12.9. The summed E-state index contributed by atoms with van der Waals surface area (Å²) in [5.74, 6) is 0. The van der Waals surface area contributed by atoms with Gasteiger partial charge in [0, 0.05) is 0 Å². The maximum absolute atomic E-state index is 2.48. The molecular formula is C50H33NSe. The monoisotopic (exact) mass is 727 g/mol. The Morgan fingerprint density at radius 1 is 0.308 bits per heavy atom. The molecule has 2 heteroatoms. The van der Waals surface area contributed by atoms with Crippen molar-refractivity contribution in [2.75, 3.05) is 4.90 Å². The van der Waals surface area contributed by atoms with Crippen LogP contribution in [0.2, 0.25) is 0 Å². The van der Waals surface area contributed by atoms with Crippen LogP contribution in [0.1, 0.15) is 0 Å². The van der Waals surface area contributed by atoms with Crippen LogP contribution in [0, 0.1) is 0 Å². The molecule has 1 nitrogen and oxygen atoms in total. The molecule has 0 unspecified atom stereocenters. The molecule has 10 aromatic rings. The first kappa shape index (κ1) is 30.6. The van der Waals surface area contributed by atoms with E-state index in [2.05, 4.69) is 205 Å². The summed E-state index contributed by atoms with van der Waals surface area (Å²) in [5, 5.41) is 7.81. The van der Waals surface area contributed by atoms with E-state index >= 15 is 0 Å². The quantitative estimate of drug-likeness (QED) is 0.122. The van der Waals surface area contributed by atoms with Crippen molar-refractivity contribution in [3.63, 3.8) is 0 Å². The molecule has 0 aliphatic rings. The third kappa shape index (κ3) is 5.33. The molecule has 0 bridgehead atoms. The van der Waals surface area contributed by atoms with E-state index in [4.69, 9.17) is 0 Å². The molecule has 0 fully saturated rings. The zero-order valence-corrected chi connectivity index (χ0v) is 30.1. The molecule has 0 aliphatic heterocycles. The fraction of sp³-hybridized carbons (Fsp3) is 0. The van der Waals surface area contributed by atoms with Gasteiger partial charge in [0.25, 0.3) is 0 Å². The molecule has 0 atom stereocenters. The van der Waals surface area contributed by atoms with Gasteiger partial charge in [-0.3, -0.25) is 0 Å². The molecule has 1 aromatic heterocycles. The number of benzene rings is 9. The first-order chi connectivity index (χ1) is 25.8. The Morgan fingerprint density at radius 2 is 0.942 bits per heavy atom. The van der Waals surface area contributed by atoms with E-state index in [0.717, 1.165) is 11.4 Å². The van der Waals surface area contributed by atoms with E-state index in [1.807, 2.05) is 0 Å². The van der Waals surface area contributed by atoms with Crippen LogP contribution in [0.25, 0.3) is 74.2 Å². The van der Waals surface area contributed by atoms with E-state index in [1.54, 1.807) is 0 Å². The van der Waals surface area contributed by atoms with E-state index < -0.39 is 0 Å². The van der Waals surface area contributed by atoms with Crippen LogP contribution in [-0.4, -0.2) is 14.5 Å². The van der Waals surface area contributed by atoms with Crippen LogP contribution < -0.4 is 4.90 Å². The van der Waals surface area contributed by atoms with Crippen LogP contribution >= 0.6 is 0 Å². The molecule has 0 spiro atoms. The first-order valence-corrected chi connectivity index (χ1v) is 19.5. The van der Waals surface area contributed by atoms with Crippen molar-refractivity contribution >= 4 is 72.4 Å². The number of hydrogen-bond acceptors (Lipinski definition) is 1. The van der Waals surface area contributed by atoms with Gasteiger partial charge in [-0.2, -0.15) is 0 Å². The van der Waals surface area contributed by atoms with Gasteiger partial charge in [0.15, 0.2) is 0 Å². The third-order valence-corrected chi connectivity index (χ3v) is 12.6. The Kier molecular flexibility index (Phi) is 7.57. The van der Waals surface area contributed by atoms with Crippen molar-refractivity contribution in [1.82, 2.24) is 0 Å². The van der Waals surface area contributed by atoms with Crippen molar-refractivity contribution in [2.45, 2.75) is 0 Å². The Hall–Kier alpha value is -6.18. The number of fused-ring (bicyclic) bond motifs is 6. The summed E-state index contributed by atoms with van der Waals surface area (Å²) in [6, 6.07) is 73.5. The molecule has 0 N–H and O–H groups in total. The second-order valence-electron chi connectivity index (χ2n) is 13.3. The molecule has 10 rings (SSSR count). The molecule has 0 aliphatic carbocycles. The van der Waals surface area contributed by atoms with Gasteiger partial charge in [-0.05, 0) is 0 Å². The van der Waals surface area contributed by atoms with Gasteiger partial charge < -0.3 is 0 Å². The molecule has 52 heavy (non-hydrogen) atoms. The molecule has 0 radical (unpaired) electrons. The van der Waals surface area contributed by atoms with Crippen molar-refractivity contribution in [1.29, 1.82) is 0 Å². The van der Waals surface area contributed by atoms with E-state index in [0.29, 0.717) is 0 Å². The van der Waals surface area contributed by atoms with Crippen LogP contribution in [-0.2, 0) is 0 Å². The first-order valence-electron chi connectivity index (χ1n) is 17.8.